The van der Waals surface area contributed by atoms with E-state index < -0.39 is 108 Å². The lowest BCUT2D eigenvalue weighted by atomic mass is 9.99. The Balaban J connectivity index is 1.67. The van der Waals surface area contributed by atoms with Crippen LogP contribution in [0.3, 0.4) is 0 Å². The molecule has 5 rings (SSSR count). The first-order chi connectivity index (χ1) is 21.0. The highest BCUT2D eigenvalue weighted by Gasteiger charge is 2.49. The van der Waals surface area contributed by atoms with Gasteiger partial charge in [-0.05, 0) is 20.0 Å². The average molecular weight is 546 g/mol. The summed E-state index contributed by atoms with van der Waals surface area (Å²) in [5, 5.41) is 38.8. The number of halogens is 1. The number of aliphatic hydroxyl groups is 3. The summed E-state index contributed by atoms with van der Waals surface area (Å²) in [5.74, 6) is -5.48. The Bertz CT molecular complexity index is 1670. The summed E-state index contributed by atoms with van der Waals surface area (Å²) in [4.78, 5) is 38.3. The number of carboxylic acids is 1. The third kappa shape index (κ3) is 4.27. The number of piperazine rings is 1. The van der Waals surface area contributed by atoms with Gasteiger partial charge in [-0.25, -0.2) is 14.0 Å². The lowest BCUT2D eigenvalue weighted by molar-refractivity contribution is -0.278. The van der Waals surface area contributed by atoms with Crippen LogP contribution in [0.15, 0.2) is 17.1 Å². The number of pyridine rings is 1. The fraction of sp³-hybridized carbons (Fsp3) is 0.542. The smallest absolute Gasteiger partial charge is 0.346 e. The van der Waals surface area contributed by atoms with E-state index in [0.717, 1.165) is 13.2 Å². The van der Waals surface area contributed by atoms with Gasteiger partial charge in [-0.15, -0.1) is 0 Å². The van der Waals surface area contributed by atoms with Crippen molar-refractivity contribution in [2.75, 3.05) is 44.5 Å². The third-order valence-electron chi connectivity index (χ3n) is 6.28. The van der Waals surface area contributed by atoms with Gasteiger partial charge in [0, 0.05) is 37.7 Å². The maximum absolute atomic E-state index is 16.1. The predicted molar refractivity (Wildman–Crippen MR) is 128 cm³/mol. The second-order valence-electron chi connectivity index (χ2n) is 8.85. The number of hydrogen-bond acceptors (Lipinski definition) is 11. The summed E-state index contributed by atoms with van der Waals surface area (Å²) < 4.78 is 100. The molecule has 0 amide bonds. The summed E-state index contributed by atoms with van der Waals surface area (Å²) in [7, 11) is 0.826. The van der Waals surface area contributed by atoms with Crippen molar-refractivity contribution in [3.8, 4) is 5.75 Å². The fourth-order valence-electron chi connectivity index (χ4n) is 4.30. The van der Waals surface area contributed by atoms with Gasteiger partial charge in [0.2, 0.25) is 11.7 Å². The maximum atomic E-state index is 16.1. The number of likely N-dealkylation sites (N-methyl/N-ethyl adjacent to an activating group) is 1. The quantitative estimate of drug-likeness (QED) is 0.342. The highest BCUT2D eigenvalue weighted by molar-refractivity contribution is 5.98. The number of rotatable bonds is 4. The number of carbonyl (C=O) groups excluding carboxylic acids is 1. The molecule has 13 nitrogen and oxygen atoms in total. The lowest BCUT2D eigenvalue weighted by Crippen LogP contribution is -2.60. The van der Waals surface area contributed by atoms with Gasteiger partial charge in [0.05, 0.1) is 22.4 Å². The Morgan fingerprint density at radius 3 is 2.50 bits per heavy atom. The molecule has 0 radical (unpaired) electrons. The molecule has 206 valence electrons. The number of hydrogen-bond donors (Lipinski definition) is 4. The first-order valence-corrected chi connectivity index (χ1v) is 11.2. The Kier molecular flexibility index (Phi) is 4.65. The number of carbonyl (C=O) groups is 2. The molecule has 3 aliphatic heterocycles. The molecule has 4 N–H and O–H groups in total. The molecule has 1 aromatic heterocycles. The second kappa shape index (κ2) is 9.78. The highest BCUT2D eigenvalue weighted by Crippen LogP contribution is 2.42. The van der Waals surface area contributed by atoms with Crippen LogP contribution in [0.4, 0.5) is 10.1 Å². The van der Waals surface area contributed by atoms with Gasteiger partial charge in [0.25, 0.3) is 0 Å². The summed E-state index contributed by atoms with van der Waals surface area (Å²) >= 11 is 0. The molecule has 0 saturated carbocycles. The molecule has 2 aromatic rings. The minimum atomic E-state index is -3.45. The van der Waals surface area contributed by atoms with Crippen LogP contribution in [0.25, 0.3) is 10.9 Å². The maximum Gasteiger partial charge on any atom is 0.346 e. The van der Waals surface area contributed by atoms with E-state index in [0.29, 0.717) is 6.07 Å². The van der Waals surface area contributed by atoms with Gasteiger partial charge in [0.1, 0.15) is 36.2 Å². The number of benzene rings is 1. The van der Waals surface area contributed by atoms with Crippen LogP contribution in [0, 0.1) is 5.82 Å². The standard InChI is InChI=1S/C24H28FN3O10/c1-10-9-36-20-14-11(7-13(25)15(20)27-5-3-26(2)4-6-27)16(29)12(8-28(10)14)23(35)38-24-19(32)17(30)18(31)21(37-24)22(33)34/h7-8,10,17-19,21,24,30-32H,3-6,9H2,1-2H3,(H,33,34)/t10?,17-,18-,19+,21-,24-/m0/s1/i3D2,4D2,5D2,6D2. The Hall–Kier alpha value is -3.30. The van der Waals surface area contributed by atoms with Crippen LogP contribution in [0.2, 0.25) is 0 Å². The van der Waals surface area contributed by atoms with E-state index in [2.05, 4.69) is 0 Å². The molecule has 1 unspecified atom stereocenters. The zero-order valence-corrected chi connectivity index (χ0v) is 19.8. The van der Waals surface area contributed by atoms with Gasteiger partial charge < -0.3 is 49.0 Å². The fourth-order valence-corrected chi connectivity index (χ4v) is 4.30. The van der Waals surface area contributed by atoms with Gasteiger partial charge in [-0.3, -0.25) is 4.79 Å². The van der Waals surface area contributed by atoms with E-state index in [-0.39, 0.29) is 21.9 Å². The van der Waals surface area contributed by atoms with Crippen LogP contribution in [-0.2, 0) is 14.3 Å². The molecule has 2 saturated heterocycles. The Labute approximate surface area is 226 Å². The van der Waals surface area contributed by atoms with E-state index in [1.165, 1.54) is 11.5 Å². The van der Waals surface area contributed by atoms with Crippen LogP contribution in [0.1, 0.15) is 34.3 Å². The SMILES string of the molecule is [2H]C1([2H])N(C)C([2H])([2H])C([2H])([2H])N(c2c(F)cc3c(=O)c(C(=O)O[C@@H]4O[C@H](C(=O)O)[C@@H](O)[C@H](O)[C@H]4O)cn4c3c2OCC4C)C1([2H])[2H]. The van der Waals surface area contributed by atoms with Crippen molar-refractivity contribution in [3.05, 3.63) is 33.9 Å². The van der Waals surface area contributed by atoms with Crippen molar-refractivity contribution in [1.82, 2.24) is 9.47 Å². The lowest BCUT2D eigenvalue weighted by Gasteiger charge is -2.38. The molecule has 0 bridgehead atoms. The largest absolute Gasteiger partial charge is 0.487 e. The molecule has 14 heteroatoms. The molecule has 2 fully saturated rings. The number of carboxylic acid groups (broad SMARTS) is 1. The number of anilines is 1. The van der Waals surface area contributed by atoms with E-state index in [1.54, 1.807) is 0 Å². The zero-order chi connectivity index (χ0) is 34.6. The Morgan fingerprint density at radius 1 is 1.16 bits per heavy atom. The third-order valence-corrected chi connectivity index (χ3v) is 6.28. The number of nitrogens with zero attached hydrogens (tertiary/aromatic N) is 3. The van der Waals surface area contributed by atoms with Gasteiger partial charge in [-0.2, -0.15) is 0 Å². The summed E-state index contributed by atoms with van der Waals surface area (Å²) in [6.45, 7) is -12.2. The van der Waals surface area contributed by atoms with Crippen LogP contribution in [-0.4, -0.2) is 112 Å². The van der Waals surface area contributed by atoms with E-state index in [9.17, 15) is 34.8 Å². The molecule has 4 heterocycles. The molecule has 38 heavy (non-hydrogen) atoms. The van der Waals surface area contributed by atoms with Crippen LogP contribution < -0.4 is 15.1 Å². The van der Waals surface area contributed by atoms with Crippen molar-refractivity contribution >= 4 is 28.5 Å². The predicted octanol–water partition coefficient (Wildman–Crippen LogP) is -1.11. The number of aliphatic carboxylic acids is 1. The Morgan fingerprint density at radius 2 is 1.84 bits per heavy atom. The topological polar surface area (TPSA) is 171 Å². The van der Waals surface area contributed by atoms with E-state index in [4.69, 9.17) is 25.2 Å². The first-order valence-electron chi connectivity index (χ1n) is 15.2. The molecule has 3 aliphatic rings. The van der Waals surface area contributed by atoms with Gasteiger partial charge in [0.15, 0.2) is 17.7 Å². The zero-order valence-electron chi connectivity index (χ0n) is 27.8. The normalized spacial score (nSPS) is 38.1. The van der Waals surface area contributed by atoms with Gasteiger partial charge >= 0.3 is 11.9 Å². The summed E-state index contributed by atoms with van der Waals surface area (Å²) in [6.07, 6.45) is -9.76. The molecular formula is C24H28FN3O10. The van der Waals surface area contributed by atoms with Crippen LogP contribution >= 0.6 is 0 Å². The molecule has 0 aliphatic carbocycles. The number of ether oxygens (including phenoxy) is 3. The number of aromatic nitrogens is 1. The molecule has 6 atom stereocenters. The molecular weight excluding hydrogens is 509 g/mol. The first kappa shape index (κ1) is 18.1. The second-order valence-corrected chi connectivity index (χ2v) is 8.85. The summed E-state index contributed by atoms with van der Waals surface area (Å²) in [5.41, 5.74) is -3.36. The van der Waals surface area contributed by atoms with Crippen molar-refractivity contribution in [2.45, 2.75) is 43.7 Å². The van der Waals surface area contributed by atoms with E-state index in [1.807, 2.05) is 0 Å². The average Bonchev–Trinajstić information content (AvgIpc) is 2.95. The monoisotopic (exact) mass is 545 g/mol. The van der Waals surface area contributed by atoms with Crippen molar-refractivity contribution in [1.29, 1.82) is 0 Å². The van der Waals surface area contributed by atoms with Crippen molar-refractivity contribution < 1.29 is 59.6 Å². The molecule has 1 aromatic carbocycles. The number of esters is 1. The van der Waals surface area contributed by atoms with E-state index >= 15 is 4.39 Å². The minimum absolute atomic E-state index is 0.0442. The molecule has 0 spiro atoms. The van der Waals surface area contributed by atoms with Gasteiger partial charge in [-0.1, -0.05) is 0 Å². The van der Waals surface area contributed by atoms with Crippen molar-refractivity contribution in [3.63, 3.8) is 0 Å². The van der Waals surface area contributed by atoms with Crippen LogP contribution in [0.5, 0.6) is 5.75 Å². The highest BCUT2D eigenvalue weighted by atomic mass is 19.1. The minimum Gasteiger partial charge on any atom is -0.487 e. The summed E-state index contributed by atoms with van der Waals surface area (Å²) in [6, 6.07) is -0.239. The van der Waals surface area contributed by atoms with Crippen molar-refractivity contribution in [2.24, 2.45) is 0 Å². The number of aliphatic hydroxyl groups excluding tert-OH is 3.